The number of benzene rings is 2. The van der Waals surface area contributed by atoms with Gasteiger partial charge in [0, 0.05) is 15.1 Å². The number of hydrogen-bond acceptors (Lipinski definition) is 1. The van der Waals surface area contributed by atoms with Crippen molar-refractivity contribution in [1.82, 2.24) is 0 Å². The standard InChI is InChI=1S/C15H14Cl3N/c1-8-3-13(14(18)4-9(8)2)15(19)10-5-11(16)7-12(17)6-10/h3-7,15H,19H2,1-2H3. The molecule has 0 saturated heterocycles. The van der Waals surface area contributed by atoms with E-state index in [0.717, 1.165) is 22.3 Å². The van der Waals surface area contributed by atoms with Gasteiger partial charge < -0.3 is 5.73 Å². The molecule has 2 rings (SSSR count). The van der Waals surface area contributed by atoms with E-state index in [9.17, 15) is 0 Å². The molecule has 1 atom stereocenters. The summed E-state index contributed by atoms with van der Waals surface area (Å²) in [7, 11) is 0. The number of nitrogens with two attached hydrogens (primary N) is 1. The van der Waals surface area contributed by atoms with E-state index in [2.05, 4.69) is 0 Å². The SMILES string of the molecule is Cc1cc(Cl)c(C(N)c2cc(Cl)cc(Cl)c2)cc1C. The average molecular weight is 315 g/mol. The molecule has 0 bridgehead atoms. The lowest BCUT2D eigenvalue weighted by molar-refractivity contribution is 0.869. The van der Waals surface area contributed by atoms with E-state index >= 15 is 0 Å². The summed E-state index contributed by atoms with van der Waals surface area (Å²) in [5.74, 6) is 0. The fraction of sp³-hybridized carbons (Fsp3) is 0.200. The molecule has 19 heavy (non-hydrogen) atoms. The highest BCUT2D eigenvalue weighted by atomic mass is 35.5. The van der Waals surface area contributed by atoms with E-state index < -0.39 is 0 Å². The summed E-state index contributed by atoms with van der Waals surface area (Å²) in [5, 5.41) is 1.79. The van der Waals surface area contributed by atoms with Crippen LogP contribution in [0.25, 0.3) is 0 Å². The van der Waals surface area contributed by atoms with Crippen LogP contribution >= 0.6 is 34.8 Å². The molecule has 100 valence electrons. The molecule has 2 N–H and O–H groups in total. The van der Waals surface area contributed by atoms with Crippen molar-refractivity contribution in [3.63, 3.8) is 0 Å². The summed E-state index contributed by atoms with van der Waals surface area (Å²) in [5.41, 5.74) is 10.3. The average Bonchev–Trinajstić information content (AvgIpc) is 2.31. The molecule has 0 heterocycles. The Morgan fingerprint density at radius 3 is 1.95 bits per heavy atom. The fourth-order valence-electron chi connectivity index (χ4n) is 1.98. The summed E-state index contributed by atoms with van der Waals surface area (Å²) in [4.78, 5) is 0. The summed E-state index contributed by atoms with van der Waals surface area (Å²) >= 11 is 18.3. The molecule has 2 aromatic rings. The zero-order valence-electron chi connectivity index (χ0n) is 10.7. The van der Waals surface area contributed by atoms with Crippen LogP contribution in [0.3, 0.4) is 0 Å². The third-order valence-corrected chi connectivity index (χ3v) is 3.96. The maximum Gasteiger partial charge on any atom is 0.0567 e. The van der Waals surface area contributed by atoms with Crippen LogP contribution in [-0.4, -0.2) is 0 Å². The second-order valence-electron chi connectivity index (χ2n) is 4.64. The molecule has 2 aromatic carbocycles. The fourth-order valence-corrected chi connectivity index (χ4v) is 2.85. The third-order valence-electron chi connectivity index (χ3n) is 3.19. The Balaban J connectivity index is 2.49. The normalized spacial score (nSPS) is 12.5. The van der Waals surface area contributed by atoms with Gasteiger partial charge in [-0.05, 0) is 60.4 Å². The van der Waals surface area contributed by atoms with Gasteiger partial charge in [0.15, 0.2) is 0 Å². The molecule has 0 amide bonds. The van der Waals surface area contributed by atoms with E-state index in [1.807, 2.05) is 38.1 Å². The molecule has 1 nitrogen and oxygen atoms in total. The van der Waals surface area contributed by atoms with Crippen LogP contribution in [0.15, 0.2) is 30.3 Å². The first-order valence-corrected chi connectivity index (χ1v) is 7.00. The van der Waals surface area contributed by atoms with E-state index in [-0.39, 0.29) is 6.04 Å². The van der Waals surface area contributed by atoms with Gasteiger partial charge in [-0.2, -0.15) is 0 Å². The monoisotopic (exact) mass is 313 g/mol. The van der Waals surface area contributed by atoms with Gasteiger partial charge in [-0.25, -0.2) is 0 Å². The largest absolute Gasteiger partial charge is 0.320 e. The smallest absolute Gasteiger partial charge is 0.0567 e. The molecule has 4 heteroatoms. The van der Waals surface area contributed by atoms with Gasteiger partial charge in [0.05, 0.1) is 6.04 Å². The van der Waals surface area contributed by atoms with Gasteiger partial charge in [-0.3, -0.25) is 0 Å². The minimum atomic E-state index is -0.344. The van der Waals surface area contributed by atoms with Crippen molar-refractivity contribution >= 4 is 34.8 Å². The molecule has 0 aromatic heterocycles. The summed E-state index contributed by atoms with van der Waals surface area (Å²) in [6.45, 7) is 4.06. The Kier molecular flexibility index (Phi) is 4.42. The molecule has 0 radical (unpaired) electrons. The minimum absolute atomic E-state index is 0.344. The molecule has 1 unspecified atom stereocenters. The highest BCUT2D eigenvalue weighted by Gasteiger charge is 2.15. The number of rotatable bonds is 2. The predicted octanol–water partition coefficient (Wildman–Crippen LogP) is 5.31. The highest BCUT2D eigenvalue weighted by Crippen LogP contribution is 2.31. The zero-order chi connectivity index (χ0) is 14.2. The maximum atomic E-state index is 6.28. The van der Waals surface area contributed by atoms with Crippen molar-refractivity contribution in [3.8, 4) is 0 Å². The molecule has 0 aliphatic carbocycles. The minimum Gasteiger partial charge on any atom is -0.320 e. The van der Waals surface area contributed by atoms with Crippen LogP contribution in [0.2, 0.25) is 15.1 Å². The third kappa shape index (κ3) is 3.24. The molecule has 0 spiro atoms. The van der Waals surface area contributed by atoms with Crippen LogP contribution in [0.4, 0.5) is 0 Å². The lowest BCUT2D eigenvalue weighted by atomic mass is 9.96. The highest BCUT2D eigenvalue weighted by molar-refractivity contribution is 6.34. The summed E-state index contributed by atoms with van der Waals surface area (Å²) in [6.07, 6.45) is 0. The topological polar surface area (TPSA) is 26.0 Å². The van der Waals surface area contributed by atoms with Gasteiger partial charge >= 0.3 is 0 Å². The van der Waals surface area contributed by atoms with Crippen molar-refractivity contribution < 1.29 is 0 Å². The zero-order valence-corrected chi connectivity index (χ0v) is 12.9. The second-order valence-corrected chi connectivity index (χ2v) is 5.92. The van der Waals surface area contributed by atoms with Crippen LogP contribution in [0, 0.1) is 13.8 Å². The second kappa shape index (κ2) is 5.72. The molecule has 0 saturated carbocycles. The van der Waals surface area contributed by atoms with Crippen LogP contribution < -0.4 is 5.73 Å². The lowest BCUT2D eigenvalue weighted by Crippen LogP contribution is -2.13. The van der Waals surface area contributed by atoms with E-state index in [0.29, 0.717) is 15.1 Å². The first-order chi connectivity index (χ1) is 8.88. The Bertz CT molecular complexity index is 603. The molecular weight excluding hydrogens is 301 g/mol. The van der Waals surface area contributed by atoms with Crippen molar-refractivity contribution in [2.24, 2.45) is 5.73 Å². The van der Waals surface area contributed by atoms with Crippen molar-refractivity contribution in [1.29, 1.82) is 0 Å². The van der Waals surface area contributed by atoms with E-state index in [1.54, 1.807) is 6.07 Å². The Hall–Kier alpha value is -0.730. The maximum absolute atomic E-state index is 6.28. The van der Waals surface area contributed by atoms with E-state index in [4.69, 9.17) is 40.5 Å². The van der Waals surface area contributed by atoms with Gasteiger partial charge in [-0.15, -0.1) is 0 Å². The molecule has 0 aliphatic rings. The number of aryl methyl sites for hydroxylation is 2. The number of hydrogen-bond donors (Lipinski definition) is 1. The Labute approximate surface area is 128 Å². The van der Waals surface area contributed by atoms with Gasteiger partial charge in [0.25, 0.3) is 0 Å². The van der Waals surface area contributed by atoms with Crippen molar-refractivity contribution in [2.75, 3.05) is 0 Å². The summed E-state index contributed by atoms with van der Waals surface area (Å²) in [6, 6.07) is 8.90. The van der Waals surface area contributed by atoms with Crippen LogP contribution in [-0.2, 0) is 0 Å². The van der Waals surface area contributed by atoms with Gasteiger partial charge in [0.1, 0.15) is 0 Å². The van der Waals surface area contributed by atoms with Crippen LogP contribution in [0.1, 0.15) is 28.3 Å². The van der Waals surface area contributed by atoms with Gasteiger partial charge in [-0.1, -0.05) is 40.9 Å². The first kappa shape index (κ1) is 14.7. The van der Waals surface area contributed by atoms with Crippen molar-refractivity contribution in [2.45, 2.75) is 19.9 Å². The first-order valence-electron chi connectivity index (χ1n) is 5.86. The van der Waals surface area contributed by atoms with Crippen molar-refractivity contribution in [3.05, 3.63) is 67.7 Å². The van der Waals surface area contributed by atoms with E-state index in [1.165, 1.54) is 0 Å². The lowest BCUT2D eigenvalue weighted by Gasteiger charge is -2.17. The molecule has 0 fully saturated rings. The Morgan fingerprint density at radius 1 is 0.842 bits per heavy atom. The molecular formula is C15H14Cl3N. The van der Waals surface area contributed by atoms with Crippen LogP contribution in [0.5, 0.6) is 0 Å². The quantitative estimate of drug-likeness (QED) is 0.798. The number of halogens is 3. The predicted molar refractivity (Wildman–Crippen MR) is 83.4 cm³/mol. The Morgan fingerprint density at radius 2 is 1.37 bits per heavy atom. The summed E-state index contributed by atoms with van der Waals surface area (Å²) < 4.78 is 0. The van der Waals surface area contributed by atoms with Gasteiger partial charge in [0.2, 0.25) is 0 Å². The molecule has 0 aliphatic heterocycles.